The number of rotatable bonds is 7. The summed E-state index contributed by atoms with van der Waals surface area (Å²) < 4.78 is 16.7. The van der Waals surface area contributed by atoms with Crippen LogP contribution in [0.15, 0.2) is 46.1 Å². The minimum absolute atomic E-state index is 0.00213. The van der Waals surface area contributed by atoms with Crippen LogP contribution in [-0.2, 0) is 30.2 Å². The summed E-state index contributed by atoms with van der Waals surface area (Å²) >= 11 is 0. The van der Waals surface area contributed by atoms with E-state index in [1.165, 1.54) is 0 Å². The number of imidazole rings is 1. The number of benzene rings is 2. The summed E-state index contributed by atoms with van der Waals surface area (Å²) in [6.45, 7) is 8.23. The summed E-state index contributed by atoms with van der Waals surface area (Å²) in [4.78, 5) is 55.6. The van der Waals surface area contributed by atoms with Crippen molar-refractivity contribution in [2.24, 2.45) is 19.5 Å². The van der Waals surface area contributed by atoms with Gasteiger partial charge in [-0.05, 0) is 99.8 Å². The SMILES string of the molecule is COc1cc(-c2cn(C)c(=O)c(C)c2C)cc(OC)c1CN1CCC2(CCCN(c3cccc4c3n(C)c(=O)n4C3CCC(=O)NC3=O)C2)CC1. The third-order valence-electron chi connectivity index (χ3n) is 11.8. The molecule has 2 aromatic carbocycles. The molecule has 0 bridgehead atoms. The first-order chi connectivity index (χ1) is 24.4. The number of ether oxygens (including phenoxy) is 2. The van der Waals surface area contributed by atoms with Crippen molar-refractivity contribution in [3.8, 4) is 22.6 Å². The predicted molar refractivity (Wildman–Crippen MR) is 197 cm³/mol. The Balaban J connectivity index is 1.10. The second-order valence-electron chi connectivity index (χ2n) is 14.7. The number of methoxy groups -OCH3 is 2. The molecule has 12 nitrogen and oxygen atoms in total. The molecule has 1 spiro atoms. The second-order valence-corrected chi connectivity index (χ2v) is 14.7. The number of anilines is 1. The molecule has 7 rings (SSSR count). The zero-order chi connectivity index (χ0) is 36.2. The van der Waals surface area contributed by atoms with E-state index in [-0.39, 0.29) is 29.0 Å². The number of hydrogen-bond acceptors (Lipinski definition) is 8. The standard InChI is InChI=1S/C39H48N6O6/c1-24-25(2)37(48)41(3)21-27(24)26-19-32(50-5)28(33(20-26)51-6)22-43-17-14-39(15-18-43)13-8-16-44(23-39)29-9-7-10-30-35(29)42(4)38(49)45(30)31-11-12-34(46)40-36(31)47/h7,9-10,19-21,31H,8,11-18,22-23H2,1-6H3,(H,40,46,47). The highest BCUT2D eigenvalue weighted by Crippen LogP contribution is 2.44. The molecule has 51 heavy (non-hydrogen) atoms. The molecule has 3 aliphatic rings. The number of fused-ring (bicyclic) bond motifs is 1. The maximum absolute atomic E-state index is 13.6. The molecule has 2 amide bonds. The number of carbonyl (C=O) groups is 2. The zero-order valence-electron chi connectivity index (χ0n) is 30.5. The van der Waals surface area contributed by atoms with E-state index in [2.05, 4.69) is 33.3 Å². The first-order valence-corrected chi connectivity index (χ1v) is 17.9. The Morgan fingerprint density at radius 3 is 2.29 bits per heavy atom. The van der Waals surface area contributed by atoms with Gasteiger partial charge in [-0.2, -0.15) is 0 Å². The Morgan fingerprint density at radius 1 is 0.922 bits per heavy atom. The summed E-state index contributed by atoms with van der Waals surface area (Å²) in [6, 6.07) is 9.36. The molecule has 270 valence electrons. The fourth-order valence-corrected chi connectivity index (χ4v) is 8.70. The maximum atomic E-state index is 13.6. The van der Waals surface area contributed by atoms with Gasteiger partial charge in [0.15, 0.2) is 0 Å². The molecule has 0 saturated carbocycles. The lowest BCUT2D eigenvalue weighted by atomic mass is 9.72. The van der Waals surface area contributed by atoms with Gasteiger partial charge in [0.1, 0.15) is 17.5 Å². The summed E-state index contributed by atoms with van der Waals surface area (Å²) in [5.41, 5.74) is 7.08. The van der Waals surface area contributed by atoms with E-state index in [4.69, 9.17) is 9.47 Å². The van der Waals surface area contributed by atoms with Crippen LogP contribution >= 0.6 is 0 Å². The lowest BCUT2D eigenvalue weighted by Gasteiger charge is -2.48. The van der Waals surface area contributed by atoms with E-state index >= 15 is 0 Å². The van der Waals surface area contributed by atoms with E-state index in [9.17, 15) is 19.2 Å². The Bertz CT molecular complexity index is 2130. The topological polar surface area (TPSA) is 120 Å². The maximum Gasteiger partial charge on any atom is 0.329 e. The van der Waals surface area contributed by atoms with Crippen LogP contribution in [0.5, 0.6) is 11.5 Å². The quantitative estimate of drug-likeness (QED) is 0.286. The zero-order valence-corrected chi connectivity index (χ0v) is 30.5. The smallest absolute Gasteiger partial charge is 0.329 e. The van der Waals surface area contributed by atoms with E-state index in [0.29, 0.717) is 13.0 Å². The summed E-state index contributed by atoms with van der Waals surface area (Å²) in [7, 11) is 6.93. The van der Waals surface area contributed by atoms with Gasteiger partial charge in [0.05, 0.1) is 36.5 Å². The molecule has 2 aromatic heterocycles. The number of aryl methyl sites for hydroxylation is 2. The average molecular weight is 697 g/mol. The largest absolute Gasteiger partial charge is 0.496 e. The van der Waals surface area contributed by atoms with Gasteiger partial charge >= 0.3 is 5.69 Å². The molecule has 0 radical (unpaired) electrons. The minimum atomic E-state index is -0.707. The molecular formula is C39H48N6O6. The average Bonchev–Trinajstić information content (AvgIpc) is 3.38. The number of pyridine rings is 1. The van der Waals surface area contributed by atoms with Crippen molar-refractivity contribution >= 4 is 28.5 Å². The van der Waals surface area contributed by atoms with Crippen LogP contribution in [0, 0.1) is 19.3 Å². The molecule has 5 heterocycles. The Labute approximate surface area is 297 Å². The number of nitrogens with one attached hydrogen (secondary N) is 1. The van der Waals surface area contributed by atoms with Crippen LogP contribution in [0.3, 0.4) is 0 Å². The normalized spacial score (nSPS) is 19.5. The molecule has 3 fully saturated rings. The van der Waals surface area contributed by atoms with Crippen molar-refractivity contribution in [1.82, 2.24) is 23.9 Å². The van der Waals surface area contributed by atoms with Crippen LogP contribution in [-0.4, -0.2) is 70.8 Å². The predicted octanol–water partition coefficient (Wildman–Crippen LogP) is 4.20. The number of imide groups is 1. The third-order valence-corrected chi connectivity index (χ3v) is 11.8. The number of piperidine rings is 3. The van der Waals surface area contributed by atoms with Gasteiger partial charge in [0, 0.05) is 57.5 Å². The molecule has 4 aromatic rings. The van der Waals surface area contributed by atoms with Crippen LogP contribution in [0.4, 0.5) is 5.69 Å². The summed E-state index contributed by atoms with van der Waals surface area (Å²) in [5, 5.41) is 2.41. The highest BCUT2D eigenvalue weighted by atomic mass is 16.5. The monoisotopic (exact) mass is 696 g/mol. The van der Waals surface area contributed by atoms with Gasteiger partial charge in [-0.1, -0.05) is 6.07 Å². The number of carbonyl (C=O) groups excluding carboxylic acids is 2. The highest BCUT2D eigenvalue weighted by Gasteiger charge is 2.40. The van der Waals surface area contributed by atoms with Crippen molar-refractivity contribution < 1.29 is 19.1 Å². The lowest BCUT2D eigenvalue weighted by Crippen LogP contribution is -2.49. The first-order valence-electron chi connectivity index (χ1n) is 17.9. The third kappa shape index (κ3) is 6.03. The van der Waals surface area contributed by atoms with Crippen LogP contribution in [0.2, 0.25) is 0 Å². The Morgan fingerprint density at radius 2 is 1.63 bits per heavy atom. The van der Waals surface area contributed by atoms with Gasteiger partial charge < -0.3 is 18.9 Å². The minimum Gasteiger partial charge on any atom is -0.496 e. The number of para-hydroxylation sites is 1. The number of hydrogen-bond donors (Lipinski definition) is 1. The van der Waals surface area contributed by atoms with Gasteiger partial charge in [0.2, 0.25) is 11.8 Å². The molecule has 3 aliphatic heterocycles. The molecule has 1 atom stereocenters. The van der Waals surface area contributed by atoms with Crippen molar-refractivity contribution in [1.29, 1.82) is 0 Å². The van der Waals surface area contributed by atoms with Crippen LogP contribution < -0.4 is 30.9 Å². The number of likely N-dealkylation sites (tertiary alicyclic amines) is 1. The summed E-state index contributed by atoms with van der Waals surface area (Å²) in [6.07, 6.45) is 6.72. The molecule has 0 aliphatic carbocycles. The second kappa shape index (κ2) is 13.4. The van der Waals surface area contributed by atoms with E-state index in [1.807, 2.05) is 32.2 Å². The van der Waals surface area contributed by atoms with Gasteiger partial charge in [0.25, 0.3) is 5.56 Å². The van der Waals surface area contributed by atoms with Gasteiger partial charge in [-0.3, -0.25) is 33.7 Å². The van der Waals surface area contributed by atoms with Crippen molar-refractivity contribution in [3.05, 3.63) is 74.1 Å². The molecule has 1 N–H and O–H groups in total. The number of nitrogens with zero attached hydrogens (tertiary/aromatic N) is 5. The fraction of sp³-hybridized carbons (Fsp3) is 0.487. The van der Waals surface area contributed by atoms with Crippen LogP contribution in [0.1, 0.15) is 61.3 Å². The summed E-state index contributed by atoms with van der Waals surface area (Å²) in [5.74, 6) is 0.814. The number of aromatic nitrogens is 3. The van der Waals surface area contributed by atoms with Crippen molar-refractivity contribution in [2.45, 2.75) is 65.0 Å². The first kappa shape index (κ1) is 34.6. The van der Waals surface area contributed by atoms with Crippen molar-refractivity contribution in [3.63, 3.8) is 0 Å². The van der Waals surface area contributed by atoms with Gasteiger partial charge in [-0.15, -0.1) is 0 Å². The highest BCUT2D eigenvalue weighted by molar-refractivity contribution is 6.00. The van der Waals surface area contributed by atoms with Crippen LogP contribution in [0.25, 0.3) is 22.2 Å². The van der Waals surface area contributed by atoms with E-state index in [0.717, 1.165) is 108 Å². The molecular weight excluding hydrogens is 648 g/mol. The Kier molecular flexibility index (Phi) is 9.07. The van der Waals surface area contributed by atoms with E-state index < -0.39 is 11.9 Å². The number of amides is 2. The van der Waals surface area contributed by atoms with E-state index in [1.54, 1.807) is 42.0 Å². The Hall–Kier alpha value is -4.84. The van der Waals surface area contributed by atoms with Gasteiger partial charge in [-0.25, -0.2) is 4.79 Å². The lowest BCUT2D eigenvalue weighted by molar-refractivity contribution is -0.135. The fourth-order valence-electron chi connectivity index (χ4n) is 8.70. The molecule has 1 unspecified atom stereocenters. The molecule has 12 heteroatoms. The van der Waals surface area contributed by atoms with Crippen molar-refractivity contribution in [2.75, 3.05) is 45.3 Å². The molecule has 3 saturated heterocycles.